The van der Waals surface area contributed by atoms with Crippen LogP contribution < -0.4 is 5.32 Å². The second-order valence-corrected chi connectivity index (χ2v) is 6.30. The Hall–Kier alpha value is -3.59. The highest BCUT2D eigenvalue weighted by molar-refractivity contribution is 6.24. The predicted octanol–water partition coefficient (Wildman–Crippen LogP) is 5.29. The molecule has 1 N–H and O–H groups in total. The lowest BCUT2D eigenvalue weighted by Gasteiger charge is -2.10. The summed E-state index contributed by atoms with van der Waals surface area (Å²) in [4.78, 5) is 12.9. The van der Waals surface area contributed by atoms with Crippen LogP contribution in [0.3, 0.4) is 0 Å². The second kappa shape index (κ2) is 7.75. The molecule has 1 amide bonds. The number of benzene rings is 3. The minimum Gasteiger partial charge on any atom is -0.465 e. The van der Waals surface area contributed by atoms with Gasteiger partial charge in [0, 0.05) is 6.54 Å². The van der Waals surface area contributed by atoms with Crippen LogP contribution in [0.5, 0.6) is 0 Å². The molecule has 3 nitrogen and oxygen atoms in total. The number of carbonyl (C=O) groups is 1. The molecule has 4 aromatic rings. The van der Waals surface area contributed by atoms with Crippen LogP contribution in [-0.2, 0) is 11.3 Å². The molecule has 0 unspecified atom stereocenters. The van der Waals surface area contributed by atoms with Crippen LogP contribution in [0.1, 0.15) is 16.9 Å². The summed E-state index contributed by atoms with van der Waals surface area (Å²) in [6.45, 7) is 0.464. The Morgan fingerprint density at radius 3 is 2.41 bits per heavy atom. The highest BCUT2D eigenvalue weighted by atomic mass is 16.3. The quantitative estimate of drug-likeness (QED) is 0.495. The Labute approximate surface area is 158 Å². The SMILES string of the molecule is O=C(NCc1ccc2ccccc2c1)/C(=C/c1ccco1)c1ccccc1. The average Bonchev–Trinajstić information content (AvgIpc) is 3.24. The minimum atomic E-state index is -0.134. The van der Waals surface area contributed by atoms with Gasteiger partial charge in [0.1, 0.15) is 5.76 Å². The van der Waals surface area contributed by atoms with Gasteiger partial charge in [-0.1, -0.05) is 66.7 Å². The molecule has 0 atom stereocenters. The molecule has 132 valence electrons. The van der Waals surface area contributed by atoms with Crippen LogP contribution >= 0.6 is 0 Å². The van der Waals surface area contributed by atoms with E-state index in [0.717, 1.165) is 11.1 Å². The summed E-state index contributed by atoms with van der Waals surface area (Å²) in [6.07, 6.45) is 3.37. The molecule has 0 spiro atoms. The van der Waals surface area contributed by atoms with E-state index in [0.29, 0.717) is 17.9 Å². The summed E-state index contributed by atoms with van der Waals surface area (Å²) < 4.78 is 5.39. The van der Waals surface area contributed by atoms with E-state index < -0.39 is 0 Å². The molecule has 0 saturated carbocycles. The van der Waals surface area contributed by atoms with E-state index in [-0.39, 0.29) is 5.91 Å². The van der Waals surface area contributed by atoms with Gasteiger partial charge in [-0.3, -0.25) is 4.79 Å². The van der Waals surface area contributed by atoms with Crippen molar-refractivity contribution in [3.8, 4) is 0 Å². The maximum Gasteiger partial charge on any atom is 0.252 e. The first-order valence-electron chi connectivity index (χ1n) is 8.86. The van der Waals surface area contributed by atoms with E-state index in [1.165, 1.54) is 10.8 Å². The fourth-order valence-electron chi connectivity index (χ4n) is 3.04. The lowest BCUT2D eigenvalue weighted by Crippen LogP contribution is -2.23. The number of fused-ring (bicyclic) bond motifs is 1. The zero-order valence-electron chi connectivity index (χ0n) is 14.8. The molecule has 0 radical (unpaired) electrons. The summed E-state index contributed by atoms with van der Waals surface area (Å²) in [5.74, 6) is 0.514. The fraction of sp³-hybridized carbons (Fsp3) is 0.0417. The molecule has 0 saturated heterocycles. The van der Waals surface area contributed by atoms with Crippen molar-refractivity contribution in [2.24, 2.45) is 0 Å². The molecule has 0 aliphatic heterocycles. The Morgan fingerprint density at radius 1 is 0.852 bits per heavy atom. The first-order valence-corrected chi connectivity index (χ1v) is 8.86. The Balaban J connectivity index is 1.56. The molecule has 0 aliphatic rings. The van der Waals surface area contributed by atoms with Crippen LogP contribution in [0.15, 0.2) is 95.6 Å². The molecule has 1 heterocycles. The third-order valence-electron chi connectivity index (χ3n) is 4.43. The van der Waals surface area contributed by atoms with Gasteiger partial charge in [0.2, 0.25) is 0 Å². The summed E-state index contributed by atoms with van der Waals surface area (Å²) in [6, 6.07) is 27.7. The van der Waals surface area contributed by atoms with Crippen LogP contribution in [0, 0.1) is 0 Å². The van der Waals surface area contributed by atoms with E-state index in [1.54, 1.807) is 18.4 Å². The Morgan fingerprint density at radius 2 is 1.63 bits per heavy atom. The van der Waals surface area contributed by atoms with Crippen LogP contribution in [0.4, 0.5) is 0 Å². The van der Waals surface area contributed by atoms with Crippen molar-refractivity contribution in [1.29, 1.82) is 0 Å². The zero-order chi connectivity index (χ0) is 18.5. The minimum absolute atomic E-state index is 0.134. The highest BCUT2D eigenvalue weighted by Crippen LogP contribution is 2.20. The van der Waals surface area contributed by atoms with E-state index in [1.807, 2.05) is 54.6 Å². The monoisotopic (exact) mass is 353 g/mol. The predicted molar refractivity (Wildman–Crippen MR) is 109 cm³/mol. The number of carbonyl (C=O) groups excluding carboxylic acids is 1. The van der Waals surface area contributed by atoms with Gasteiger partial charge in [-0.25, -0.2) is 0 Å². The third kappa shape index (κ3) is 3.98. The fourth-order valence-corrected chi connectivity index (χ4v) is 3.04. The van der Waals surface area contributed by atoms with Crippen LogP contribution in [0.2, 0.25) is 0 Å². The topological polar surface area (TPSA) is 42.2 Å². The van der Waals surface area contributed by atoms with Crippen molar-refractivity contribution >= 4 is 28.3 Å². The van der Waals surface area contributed by atoms with E-state index in [9.17, 15) is 4.79 Å². The zero-order valence-corrected chi connectivity index (χ0v) is 14.8. The molecule has 1 aromatic heterocycles. The van der Waals surface area contributed by atoms with Gasteiger partial charge in [0.15, 0.2) is 0 Å². The Bertz CT molecular complexity index is 1080. The van der Waals surface area contributed by atoms with Gasteiger partial charge in [0.05, 0.1) is 11.8 Å². The number of furan rings is 1. The van der Waals surface area contributed by atoms with Gasteiger partial charge < -0.3 is 9.73 Å². The number of nitrogens with one attached hydrogen (secondary N) is 1. The Kier molecular flexibility index (Phi) is 4.84. The van der Waals surface area contributed by atoms with Crippen LogP contribution in [0.25, 0.3) is 22.4 Å². The van der Waals surface area contributed by atoms with Crippen molar-refractivity contribution in [1.82, 2.24) is 5.32 Å². The summed E-state index contributed by atoms with van der Waals surface area (Å²) in [7, 11) is 0. The summed E-state index contributed by atoms with van der Waals surface area (Å²) >= 11 is 0. The van der Waals surface area contributed by atoms with E-state index in [2.05, 4.69) is 29.6 Å². The maximum absolute atomic E-state index is 12.9. The molecule has 0 bridgehead atoms. The van der Waals surface area contributed by atoms with Gasteiger partial charge >= 0.3 is 0 Å². The van der Waals surface area contributed by atoms with Gasteiger partial charge in [-0.15, -0.1) is 0 Å². The molecule has 3 aromatic carbocycles. The highest BCUT2D eigenvalue weighted by Gasteiger charge is 2.12. The van der Waals surface area contributed by atoms with Gasteiger partial charge in [-0.05, 0) is 46.2 Å². The molecule has 27 heavy (non-hydrogen) atoms. The first-order chi connectivity index (χ1) is 13.3. The van der Waals surface area contributed by atoms with Crippen molar-refractivity contribution < 1.29 is 9.21 Å². The summed E-state index contributed by atoms with van der Waals surface area (Å²) in [5, 5.41) is 5.38. The number of amides is 1. The molecule has 0 aliphatic carbocycles. The average molecular weight is 353 g/mol. The number of hydrogen-bond acceptors (Lipinski definition) is 2. The summed E-state index contributed by atoms with van der Waals surface area (Å²) in [5.41, 5.74) is 2.49. The lowest BCUT2D eigenvalue weighted by molar-refractivity contribution is -0.115. The lowest BCUT2D eigenvalue weighted by atomic mass is 10.0. The standard InChI is InChI=1S/C24H19NO2/c26-24(25-17-18-12-13-19-7-4-5-10-21(19)15-18)23(16-22-11-6-14-27-22)20-8-2-1-3-9-20/h1-16H,17H2,(H,25,26)/b23-16+. The van der Waals surface area contributed by atoms with Crippen LogP contribution in [-0.4, -0.2) is 5.91 Å². The molecular weight excluding hydrogens is 334 g/mol. The van der Waals surface area contributed by atoms with E-state index >= 15 is 0 Å². The van der Waals surface area contributed by atoms with Gasteiger partial charge in [-0.2, -0.15) is 0 Å². The maximum atomic E-state index is 12.9. The first kappa shape index (κ1) is 16.9. The normalized spacial score (nSPS) is 11.5. The van der Waals surface area contributed by atoms with E-state index in [4.69, 9.17) is 4.42 Å². The van der Waals surface area contributed by atoms with Crippen molar-refractivity contribution in [2.75, 3.05) is 0 Å². The molecule has 3 heteroatoms. The largest absolute Gasteiger partial charge is 0.465 e. The van der Waals surface area contributed by atoms with Crippen molar-refractivity contribution in [3.63, 3.8) is 0 Å². The van der Waals surface area contributed by atoms with Crippen molar-refractivity contribution in [2.45, 2.75) is 6.54 Å². The third-order valence-corrected chi connectivity index (χ3v) is 4.43. The van der Waals surface area contributed by atoms with Crippen molar-refractivity contribution in [3.05, 3.63) is 108 Å². The molecule has 0 fully saturated rings. The number of rotatable bonds is 5. The second-order valence-electron chi connectivity index (χ2n) is 6.30. The van der Waals surface area contributed by atoms with Gasteiger partial charge in [0.25, 0.3) is 5.91 Å². The molecular formula is C24H19NO2. The number of hydrogen-bond donors (Lipinski definition) is 1. The molecule has 4 rings (SSSR count). The smallest absolute Gasteiger partial charge is 0.252 e.